The van der Waals surface area contributed by atoms with Gasteiger partial charge in [0.15, 0.2) is 0 Å². The van der Waals surface area contributed by atoms with E-state index in [4.69, 9.17) is 0 Å². The minimum Gasteiger partial charge on any atom is -0.312 e. The van der Waals surface area contributed by atoms with Gasteiger partial charge in [-0.05, 0) is 45.3 Å². The minimum absolute atomic E-state index is 0.783. The number of nitrogens with zero attached hydrogens (tertiary/aromatic N) is 1. The molecule has 0 radical (unpaired) electrons. The lowest BCUT2D eigenvalue weighted by Gasteiger charge is -2.16. The van der Waals surface area contributed by atoms with Crippen molar-refractivity contribution in [3.05, 3.63) is 0 Å². The highest BCUT2D eigenvalue weighted by molar-refractivity contribution is 4.80. The van der Waals surface area contributed by atoms with E-state index >= 15 is 0 Å². The molecule has 1 atom stereocenters. The molecule has 2 fully saturated rings. The van der Waals surface area contributed by atoms with Gasteiger partial charge < -0.3 is 10.2 Å². The molecule has 1 saturated heterocycles. The molecule has 2 nitrogen and oxygen atoms in total. The highest BCUT2D eigenvalue weighted by Crippen LogP contribution is 2.24. The SMILES string of the molecule is CN1CCC(NCC2CCCC2)C1. The van der Waals surface area contributed by atoms with Crippen LogP contribution < -0.4 is 5.32 Å². The predicted octanol–water partition coefficient (Wildman–Crippen LogP) is 1.47. The van der Waals surface area contributed by atoms with E-state index in [1.165, 1.54) is 51.7 Å². The van der Waals surface area contributed by atoms with E-state index in [-0.39, 0.29) is 0 Å². The third kappa shape index (κ3) is 2.68. The van der Waals surface area contributed by atoms with Crippen LogP contribution in [0, 0.1) is 5.92 Å². The van der Waals surface area contributed by atoms with Crippen LogP contribution in [0.5, 0.6) is 0 Å². The maximum Gasteiger partial charge on any atom is 0.0207 e. The molecule has 0 bridgehead atoms. The van der Waals surface area contributed by atoms with Crippen molar-refractivity contribution in [2.45, 2.75) is 38.1 Å². The average molecular weight is 182 g/mol. The molecule has 0 amide bonds. The fraction of sp³-hybridized carbons (Fsp3) is 1.00. The summed E-state index contributed by atoms with van der Waals surface area (Å²) in [4.78, 5) is 2.42. The summed E-state index contributed by atoms with van der Waals surface area (Å²) in [6.07, 6.45) is 7.22. The Bertz CT molecular complexity index is 152. The van der Waals surface area contributed by atoms with Crippen LogP contribution in [0.15, 0.2) is 0 Å². The normalized spacial score (nSPS) is 31.6. The molecule has 13 heavy (non-hydrogen) atoms. The fourth-order valence-electron chi connectivity index (χ4n) is 2.65. The Balaban J connectivity index is 1.62. The maximum absolute atomic E-state index is 3.71. The van der Waals surface area contributed by atoms with Crippen molar-refractivity contribution in [3.63, 3.8) is 0 Å². The summed E-state index contributed by atoms with van der Waals surface area (Å²) in [6.45, 7) is 3.81. The van der Waals surface area contributed by atoms with Crippen LogP contribution >= 0.6 is 0 Å². The highest BCUT2D eigenvalue weighted by Gasteiger charge is 2.21. The summed E-state index contributed by atoms with van der Waals surface area (Å²) in [5, 5.41) is 3.71. The number of likely N-dealkylation sites (tertiary alicyclic amines) is 1. The van der Waals surface area contributed by atoms with Gasteiger partial charge >= 0.3 is 0 Å². The summed E-state index contributed by atoms with van der Waals surface area (Å²) in [7, 11) is 2.22. The number of rotatable bonds is 3. The zero-order valence-electron chi connectivity index (χ0n) is 8.76. The van der Waals surface area contributed by atoms with Crippen molar-refractivity contribution in [2.24, 2.45) is 5.92 Å². The van der Waals surface area contributed by atoms with Gasteiger partial charge in [-0.25, -0.2) is 0 Å². The van der Waals surface area contributed by atoms with E-state index in [9.17, 15) is 0 Å². The molecule has 1 heterocycles. The van der Waals surface area contributed by atoms with Crippen molar-refractivity contribution in [2.75, 3.05) is 26.7 Å². The molecular weight excluding hydrogens is 160 g/mol. The second kappa shape index (κ2) is 4.43. The lowest BCUT2D eigenvalue weighted by atomic mass is 10.1. The second-order valence-corrected chi connectivity index (χ2v) is 4.81. The lowest BCUT2D eigenvalue weighted by molar-refractivity contribution is 0.385. The predicted molar refractivity (Wildman–Crippen MR) is 55.9 cm³/mol. The number of nitrogens with one attached hydrogen (secondary N) is 1. The Morgan fingerprint density at radius 1 is 1.23 bits per heavy atom. The first-order valence-corrected chi connectivity index (χ1v) is 5.76. The average Bonchev–Trinajstić information content (AvgIpc) is 2.71. The Morgan fingerprint density at radius 2 is 2.00 bits per heavy atom. The third-order valence-electron chi connectivity index (χ3n) is 3.56. The zero-order valence-corrected chi connectivity index (χ0v) is 8.76. The van der Waals surface area contributed by atoms with Gasteiger partial charge in [0.1, 0.15) is 0 Å². The Hall–Kier alpha value is -0.0800. The monoisotopic (exact) mass is 182 g/mol. The van der Waals surface area contributed by atoms with E-state index in [0.29, 0.717) is 0 Å². The van der Waals surface area contributed by atoms with Gasteiger partial charge in [-0.15, -0.1) is 0 Å². The molecule has 2 heteroatoms. The summed E-state index contributed by atoms with van der Waals surface area (Å²) < 4.78 is 0. The standard InChI is InChI=1S/C11H22N2/c1-13-7-6-11(9-13)12-8-10-4-2-3-5-10/h10-12H,2-9H2,1H3. The molecule has 0 aromatic heterocycles. The second-order valence-electron chi connectivity index (χ2n) is 4.81. The molecule has 0 aromatic rings. The molecule has 1 N–H and O–H groups in total. The van der Waals surface area contributed by atoms with Crippen LogP contribution in [0.25, 0.3) is 0 Å². The first-order valence-electron chi connectivity index (χ1n) is 5.76. The van der Waals surface area contributed by atoms with Crippen LogP contribution in [0.4, 0.5) is 0 Å². The highest BCUT2D eigenvalue weighted by atomic mass is 15.2. The molecule has 2 aliphatic rings. The van der Waals surface area contributed by atoms with E-state index in [1.54, 1.807) is 0 Å². The van der Waals surface area contributed by atoms with Gasteiger partial charge in [0.25, 0.3) is 0 Å². The van der Waals surface area contributed by atoms with Crippen molar-refractivity contribution >= 4 is 0 Å². The molecule has 0 spiro atoms. The zero-order chi connectivity index (χ0) is 9.10. The molecule has 2 rings (SSSR count). The van der Waals surface area contributed by atoms with E-state index in [1.807, 2.05) is 0 Å². The molecule has 1 aliphatic carbocycles. The van der Waals surface area contributed by atoms with Crippen LogP contribution in [-0.4, -0.2) is 37.6 Å². The summed E-state index contributed by atoms with van der Waals surface area (Å²) >= 11 is 0. The first kappa shape index (κ1) is 9.47. The van der Waals surface area contributed by atoms with Crippen LogP contribution in [0.1, 0.15) is 32.1 Å². The van der Waals surface area contributed by atoms with Crippen molar-refractivity contribution < 1.29 is 0 Å². The van der Waals surface area contributed by atoms with Crippen LogP contribution in [0.3, 0.4) is 0 Å². The number of hydrogen-bond acceptors (Lipinski definition) is 2. The smallest absolute Gasteiger partial charge is 0.0207 e. The van der Waals surface area contributed by atoms with E-state index in [0.717, 1.165) is 12.0 Å². The molecule has 0 aromatic carbocycles. The molecule has 1 saturated carbocycles. The number of likely N-dealkylation sites (N-methyl/N-ethyl adjacent to an activating group) is 1. The minimum atomic E-state index is 0.783. The Morgan fingerprint density at radius 3 is 2.62 bits per heavy atom. The third-order valence-corrected chi connectivity index (χ3v) is 3.56. The summed E-state index contributed by atoms with van der Waals surface area (Å²) in [5.74, 6) is 0.992. The van der Waals surface area contributed by atoms with Gasteiger partial charge in [0.05, 0.1) is 0 Å². The largest absolute Gasteiger partial charge is 0.312 e. The first-order chi connectivity index (χ1) is 6.34. The summed E-state index contributed by atoms with van der Waals surface area (Å²) in [5.41, 5.74) is 0. The lowest BCUT2D eigenvalue weighted by Crippen LogP contribution is -2.34. The Labute approximate surface area is 81.7 Å². The quantitative estimate of drug-likeness (QED) is 0.711. The van der Waals surface area contributed by atoms with Crippen molar-refractivity contribution in [3.8, 4) is 0 Å². The molecule has 76 valence electrons. The number of hydrogen-bond donors (Lipinski definition) is 1. The Kier molecular flexibility index (Phi) is 3.23. The fourth-order valence-corrected chi connectivity index (χ4v) is 2.65. The molecule has 1 unspecified atom stereocenters. The van der Waals surface area contributed by atoms with Gasteiger partial charge in [-0.1, -0.05) is 12.8 Å². The van der Waals surface area contributed by atoms with Gasteiger partial charge in [-0.3, -0.25) is 0 Å². The van der Waals surface area contributed by atoms with Gasteiger partial charge in [0.2, 0.25) is 0 Å². The van der Waals surface area contributed by atoms with Crippen molar-refractivity contribution in [1.82, 2.24) is 10.2 Å². The van der Waals surface area contributed by atoms with Crippen LogP contribution in [0.2, 0.25) is 0 Å². The van der Waals surface area contributed by atoms with Crippen LogP contribution in [-0.2, 0) is 0 Å². The molecule has 1 aliphatic heterocycles. The topological polar surface area (TPSA) is 15.3 Å². The summed E-state index contributed by atoms with van der Waals surface area (Å²) in [6, 6.07) is 0.783. The van der Waals surface area contributed by atoms with E-state index < -0.39 is 0 Å². The maximum atomic E-state index is 3.71. The van der Waals surface area contributed by atoms with Gasteiger partial charge in [-0.2, -0.15) is 0 Å². The van der Waals surface area contributed by atoms with Crippen molar-refractivity contribution in [1.29, 1.82) is 0 Å². The van der Waals surface area contributed by atoms with Gasteiger partial charge in [0, 0.05) is 12.6 Å². The molecular formula is C11H22N2. The van der Waals surface area contributed by atoms with E-state index in [2.05, 4.69) is 17.3 Å².